The van der Waals surface area contributed by atoms with Crippen molar-refractivity contribution in [3.63, 3.8) is 0 Å². The second-order valence-corrected chi connectivity index (χ2v) is 6.26. The first-order valence-corrected chi connectivity index (χ1v) is 7.58. The summed E-state index contributed by atoms with van der Waals surface area (Å²) in [4.78, 5) is 0. The van der Waals surface area contributed by atoms with E-state index in [0.29, 0.717) is 0 Å². The van der Waals surface area contributed by atoms with E-state index in [2.05, 4.69) is 17.6 Å². The first kappa shape index (κ1) is 14.2. The van der Waals surface area contributed by atoms with Gasteiger partial charge in [-0.05, 0) is 49.9 Å². The van der Waals surface area contributed by atoms with E-state index >= 15 is 0 Å². The summed E-state index contributed by atoms with van der Waals surface area (Å²) in [5.41, 5.74) is 2.19. The zero-order chi connectivity index (χ0) is 13.8. The van der Waals surface area contributed by atoms with Gasteiger partial charge in [0, 0.05) is 6.04 Å². The molecule has 1 aromatic heterocycles. The fraction of sp³-hybridized carbons (Fsp3) is 0.333. The number of halogens is 1. The molecule has 1 N–H and O–H groups in total. The Bertz CT molecular complexity index is 538. The van der Waals surface area contributed by atoms with Crippen molar-refractivity contribution in [1.29, 1.82) is 0 Å². The largest absolute Gasteiger partial charge is 0.489 e. The molecule has 0 bridgehead atoms. The van der Waals surface area contributed by atoms with Gasteiger partial charge in [-0.25, -0.2) is 0 Å². The Labute approximate surface area is 123 Å². The molecule has 0 spiro atoms. The van der Waals surface area contributed by atoms with Gasteiger partial charge in [0.15, 0.2) is 0 Å². The van der Waals surface area contributed by atoms with Crippen LogP contribution in [-0.4, -0.2) is 6.10 Å². The van der Waals surface area contributed by atoms with E-state index in [1.54, 1.807) is 11.3 Å². The zero-order valence-corrected chi connectivity index (χ0v) is 12.9. The highest BCUT2D eigenvalue weighted by molar-refractivity contribution is 7.14. The molecular weight excluding hydrogens is 278 g/mol. The second kappa shape index (κ2) is 6.31. The molecule has 102 valence electrons. The predicted molar refractivity (Wildman–Crippen MR) is 83.6 cm³/mol. The Balaban J connectivity index is 2.14. The van der Waals surface area contributed by atoms with Gasteiger partial charge in [-0.1, -0.05) is 23.7 Å². The van der Waals surface area contributed by atoms with Crippen molar-refractivity contribution < 1.29 is 4.74 Å². The van der Waals surface area contributed by atoms with Crippen LogP contribution in [0.2, 0.25) is 4.34 Å². The fourth-order valence-electron chi connectivity index (χ4n) is 1.81. The number of hydrogen-bond acceptors (Lipinski definition) is 3. The number of nitrogens with one attached hydrogen (secondary N) is 1. The van der Waals surface area contributed by atoms with Gasteiger partial charge in [-0.15, -0.1) is 11.3 Å². The van der Waals surface area contributed by atoms with Crippen LogP contribution in [0.1, 0.15) is 32.4 Å². The molecule has 1 heterocycles. The Hall–Kier alpha value is -1.19. The maximum atomic E-state index is 5.97. The lowest BCUT2D eigenvalue weighted by Gasteiger charge is -2.19. The predicted octanol–water partition coefficient (Wildman–Crippen LogP) is 5.36. The minimum Gasteiger partial charge on any atom is -0.489 e. The van der Waals surface area contributed by atoms with Gasteiger partial charge in [0.05, 0.1) is 16.1 Å². The molecule has 0 saturated heterocycles. The highest BCUT2D eigenvalue weighted by atomic mass is 35.5. The van der Waals surface area contributed by atoms with Crippen LogP contribution in [0.5, 0.6) is 5.75 Å². The lowest BCUT2D eigenvalue weighted by atomic mass is 10.1. The summed E-state index contributed by atoms with van der Waals surface area (Å²) < 4.78 is 6.62. The van der Waals surface area contributed by atoms with Crippen LogP contribution in [0.3, 0.4) is 0 Å². The van der Waals surface area contributed by atoms with Crippen LogP contribution in [0.4, 0.5) is 5.69 Å². The van der Waals surface area contributed by atoms with Gasteiger partial charge in [0.2, 0.25) is 0 Å². The minimum atomic E-state index is 0.161. The summed E-state index contributed by atoms with van der Waals surface area (Å²) in [6.45, 7) is 6.17. The maximum absolute atomic E-state index is 5.97. The summed E-state index contributed by atoms with van der Waals surface area (Å²) in [7, 11) is 0. The quantitative estimate of drug-likeness (QED) is 0.801. The summed E-state index contributed by atoms with van der Waals surface area (Å²) >= 11 is 7.53. The zero-order valence-electron chi connectivity index (χ0n) is 11.3. The first-order valence-electron chi connectivity index (χ1n) is 6.32. The number of para-hydroxylation sites is 2. The molecule has 0 radical (unpaired) electrons. The van der Waals surface area contributed by atoms with Crippen LogP contribution in [0, 0.1) is 0 Å². The van der Waals surface area contributed by atoms with Crippen molar-refractivity contribution in [1.82, 2.24) is 0 Å². The number of rotatable bonds is 5. The van der Waals surface area contributed by atoms with Crippen molar-refractivity contribution >= 4 is 28.6 Å². The van der Waals surface area contributed by atoms with Crippen molar-refractivity contribution in [2.24, 2.45) is 0 Å². The van der Waals surface area contributed by atoms with Crippen molar-refractivity contribution in [3.8, 4) is 5.75 Å². The van der Waals surface area contributed by atoms with E-state index < -0.39 is 0 Å². The van der Waals surface area contributed by atoms with Crippen molar-refractivity contribution in [2.45, 2.75) is 32.9 Å². The van der Waals surface area contributed by atoms with Gasteiger partial charge in [-0.2, -0.15) is 0 Å². The monoisotopic (exact) mass is 295 g/mol. The molecule has 2 rings (SSSR count). The van der Waals surface area contributed by atoms with Gasteiger partial charge in [0.25, 0.3) is 0 Å². The number of thiophene rings is 1. The summed E-state index contributed by atoms with van der Waals surface area (Å²) in [6, 6.07) is 10.2. The van der Waals surface area contributed by atoms with Gasteiger partial charge in [0.1, 0.15) is 5.75 Å². The molecule has 1 unspecified atom stereocenters. The molecule has 1 aromatic carbocycles. The van der Waals surface area contributed by atoms with Crippen LogP contribution in [-0.2, 0) is 0 Å². The second-order valence-electron chi connectivity index (χ2n) is 4.71. The van der Waals surface area contributed by atoms with Crippen LogP contribution in [0.25, 0.3) is 0 Å². The van der Waals surface area contributed by atoms with E-state index in [4.69, 9.17) is 16.3 Å². The van der Waals surface area contributed by atoms with Crippen LogP contribution < -0.4 is 10.1 Å². The van der Waals surface area contributed by atoms with Gasteiger partial charge >= 0.3 is 0 Å². The van der Waals surface area contributed by atoms with Crippen molar-refractivity contribution in [2.75, 3.05) is 5.32 Å². The summed E-state index contributed by atoms with van der Waals surface area (Å²) in [6.07, 6.45) is 0.161. The summed E-state index contributed by atoms with van der Waals surface area (Å²) in [5.74, 6) is 0.880. The average molecular weight is 296 g/mol. The molecule has 2 nitrogen and oxygen atoms in total. The molecule has 0 aliphatic rings. The molecule has 1 atom stereocenters. The molecule has 0 fully saturated rings. The molecule has 19 heavy (non-hydrogen) atoms. The Morgan fingerprint density at radius 3 is 2.58 bits per heavy atom. The smallest absolute Gasteiger partial charge is 0.142 e. The third-order valence-electron chi connectivity index (χ3n) is 2.71. The molecule has 4 heteroatoms. The van der Waals surface area contributed by atoms with Crippen LogP contribution >= 0.6 is 22.9 Å². The van der Waals surface area contributed by atoms with E-state index in [9.17, 15) is 0 Å². The minimum absolute atomic E-state index is 0.161. The van der Waals surface area contributed by atoms with Crippen LogP contribution in [0.15, 0.2) is 35.7 Å². The first-order chi connectivity index (χ1) is 9.06. The number of ether oxygens (including phenoxy) is 1. The normalized spacial score (nSPS) is 12.5. The summed E-state index contributed by atoms with van der Waals surface area (Å²) in [5, 5.41) is 5.54. The molecular formula is C15H18ClNOS. The third-order valence-corrected chi connectivity index (χ3v) is 3.82. The molecule has 2 aromatic rings. The van der Waals surface area contributed by atoms with Gasteiger partial charge in [-0.3, -0.25) is 0 Å². The molecule has 0 aliphatic carbocycles. The third kappa shape index (κ3) is 3.88. The highest BCUT2D eigenvalue weighted by Crippen LogP contribution is 2.31. The van der Waals surface area contributed by atoms with E-state index in [1.165, 1.54) is 5.56 Å². The Morgan fingerprint density at radius 2 is 1.95 bits per heavy atom. The maximum Gasteiger partial charge on any atom is 0.142 e. The molecule has 0 saturated carbocycles. The fourth-order valence-corrected chi connectivity index (χ4v) is 2.79. The lowest BCUT2D eigenvalue weighted by molar-refractivity contribution is 0.243. The van der Waals surface area contributed by atoms with E-state index in [1.807, 2.05) is 44.2 Å². The lowest BCUT2D eigenvalue weighted by Crippen LogP contribution is -2.10. The number of benzene rings is 1. The highest BCUT2D eigenvalue weighted by Gasteiger charge is 2.11. The number of anilines is 1. The SMILES string of the molecule is CC(C)Oc1ccccc1NC(C)c1csc(Cl)c1. The van der Waals surface area contributed by atoms with Crippen molar-refractivity contribution in [3.05, 3.63) is 45.6 Å². The molecule has 0 amide bonds. The van der Waals surface area contributed by atoms with Gasteiger partial charge < -0.3 is 10.1 Å². The van der Waals surface area contributed by atoms with E-state index in [-0.39, 0.29) is 12.1 Å². The topological polar surface area (TPSA) is 21.3 Å². The average Bonchev–Trinajstić information content (AvgIpc) is 2.78. The van der Waals surface area contributed by atoms with E-state index in [0.717, 1.165) is 15.8 Å². The Kier molecular flexibility index (Phi) is 4.72. The standard InChI is InChI=1S/C15H18ClNOS/c1-10(2)18-14-7-5-4-6-13(14)17-11(3)12-8-15(16)19-9-12/h4-11,17H,1-3H3. The Morgan fingerprint density at radius 1 is 1.21 bits per heavy atom. The number of hydrogen-bond donors (Lipinski definition) is 1. The molecule has 0 aliphatic heterocycles.